The topological polar surface area (TPSA) is 18.0 Å². The number of rotatable bonds is 4. The molecule has 358 valence electrons. The molecule has 0 radical (unpaired) electrons. The van der Waals surface area contributed by atoms with Crippen LogP contribution in [0.2, 0.25) is 0 Å². The molecular formula is C72H50N4. The molecule has 76 heavy (non-hydrogen) atoms. The van der Waals surface area contributed by atoms with Gasteiger partial charge in [-0.05, 0) is 195 Å². The molecule has 16 rings (SSSR count). The highest BCUT2D eigenvalue weighted by Crippen LogP contribution is 2.41. The third kappa shape index (κ3) is 6.57. The summed E-state index contributed by atoms with van der Waals surface area (Å²) >= 11 is 0. The maximum Gasteiger partial charge on any atom is 0.0560 e. The fourth-order valence-electron chi connectivity index (χ4n) is 12.9. The van der Waals surface area contributed by atoms with Crippen LogP contribution in [-0.2, 0) is 0 Å². The Kier molecular flexibility index (Phi) is 9.41. The lowest BCUT2D eigenvalue weighted by atomic mass is 10.0. The molecule has 13 aromatic rings. The van der Waals surface area contributed by atoms with Crippen molar-refractivity contribution in [3.05, 3.63) is 259 Å². The Morgan fingerprint density at radius 1 is 0.395 bits per heavy atom. The maximum atomic E-state index is 4.87. The Hall–Kier alpha value is -9.64. The van der Waals surface area contributed by atoms with Crippen molar-refractivity contribution in [1.82, 2.24) is 13.7 Å². The van der Waals surface area contributed by atoms with Crippen LogP contribution in [0.4, 0.5) is 5.69 Å². The van der Waals surface area contributed by atoms with Crippen molar-refractivity contribution in [2.75, 3.05) is 4.90 Å². The molecule has 4 heterocycles. The van der Waals surface area contributed by atoms with E-state index >= 15 is 0 Å². The Morgan fingerprint density at radius 2 is 0.855 bits per heavy atom. The van der Waals surface area contributed by atoms with Crippen molar-refractivity contribution < 1.29 is 0 Å². The van der Waals surface area contributed by atoms with Gasteiger partial charge in [-0.15, -0.1) is 0 Å². The molecule has 3 aliphatic rings. The summed E-state index contributed by atoms with van der Waals surface area (Å²) in [5.41, 5.74) is 12.9. The number of hydrogen-bond donors (Lipinski definition) is 0. The number of benzene rings is 9. The first kappa shape index (κ1) is 42.8. The van der Waals surface area contributed by atoms with Crippen molar-refractivity contribution in [1.29, 1.82) is 0 Å². The van der Waals surface area contributed by atoms with Crippen LogP contribution in [0.15, 0.2) is 249 Å². The van der Waals surface area contributed by atoms with Gasteiger partial charge in [-0.1, -0.05) is 122 Å². The summed E-state index contributed by atoms with van der Waals surface area (Å²) < 4.78 is 7.41. The van der Waals surface area contributed by atoms with Gasteiger partial charge in [-0.2, -0.15) is 0 Å². The summed E-state index contributed by atoms with van der Waals surface area (Å²) in [6, 6.07) is 73.5. The number of nitrogens with zero attached hydrogens (tertiary/aromatic N) is 4. The zero-order valence-corrected chi connectivity index (χ0v) is 41.9. The lowest BCUT2D eigenvalue weighted by molar-refractivity contribution is 0.648. The average Bonchev–Trinajstić information content (AvgIpc) is 4.19. The van der Waals surface area contributed by atoms with Crippen molar-refractivity contribution in [2.24, 2.45) is 0 Å². The van der Waals surface area contributed by atoms with E-state index in [2.05, 4.69) is 268 Å². The highest BCUT2D eigenvalue weighted by molar-refractivity contribution is 6.18. The maximum absolute atomic E-state index is 4.87. The second kappa shape index (κ2) is 16.7. The zero-order valence-electron chi connectivity index (χ0n) is 41.9. The van der Waals surface area contributed by atoms with Crippen molar-refractivity contribution >= 4 is 127 Å². The van der Waals surface area contributed by atoms with E-state index in [-0.39, 0.29) is 6.04 Å². The molecule has 15 bridgehead atoms. The van der Waals surface area contributed by atoms with Crippen LogP contribution in [0, 0.1) is 0 Å². The van der Waals surface area contributed by atoms with Gasteiger partial charge in [0.15, 0.2) is 0 Å². The highest BCUT2D eigenvalue weighted by atomic mass is 15.1. The summed E-state index contributed by atoms with van der Waals surface area (Å²) in [6.45, 7) is 4.87. The zero-order chi connectivity index (χ0) is 50.0. The average molecular weight is 971 g/mol. The minimum absolute atomic E-state index is 0.208. The predicted octanol–water partition coefficient (Wildman–Crippen LogP) is 18.5. The molecule has 0 spiro atoms. The third-order valence-electron chi connectivity index (χ3n) is 16.6. The normalized spacial score (nSPS) is 15.2. The minimum atomic E-state index is 0.208. The summed E-state index contributed by atoms with van der Waals surface area (Å²) in [6.07, 6.45) is 23.5. The van der Waals surface area contributed by atoms with Crippen LogP contribution in [0.1, 0.15) is 30.9 Å². The highest BCUT2D eigenvalue weighted by Gasteiger charge is 2.21. The van der Waals surface area contributed by atoms with Gasteiger partial charge >= 0.3 is 0 Å². The number of allylic oxidation sites excluding steroid dienone is 7. The quantitative estimate of drug-likeness (QED) is 0.172. The van der Waals surface area contributed by atoms with Crippen molar-refractivity contribution in [2.45, 2.75) is 25.3 Å². The first-order valence-electron chi connectivity index (χ1n) is 26.7. The monoisotopic (exact) mass is 970 g/mol. The van der Waals surface area contributed by atoms with Crippen molar-refractivity contribution in [3.63, 3.8) is 0 Å². The molecule has 2 aliphatic carbocycles. The van der Waals surface area contributed by atoms with Gasteiger partial charge in [0, 0.05) is 72.0 Å². The number of anilines is 1. The van der Waals surface area contributed by atoms with Crippen molar-refractivity contribution in [3.8, 4) is 11.4 Å². The lowest BCUT2D eigenvalue weighted by Crippen LogP contribution is -2.18. The number of hydrogen-bond acceptors (Lipinski definition) is 1. The Bertz CT molecular complexity index is 4980. The summed E-state index contributed by atoms with van der Waals surface area (Å²) in [5.74, 6) is 0. The molecule has 1 unspecified atom stereocenters. The van der Waals surface area contributed by atoms with E-state index in [4.69, 9.17) is 6.58 Å². The molecule has 0 fully saturated rings. The predicted molar refractivity (Wildman–Crippen MR) is 325 cm³/mol. The molecule has 1 atom stereocenters. The number of aromatic nitrogens is 3. The Balaban J connectivity index is 1.06. The van der Waals surface area contributed by atoms with Gasteiger partial charge in [-0.3, -0.25) is 0 Å². The Morgan fingerprint density at radius 3 is 1.34 bits per heavy atom. The second-order valence-electron chi connectivity index (χ2n) is 20.9. The van der Waals surface area contributed by atoms with E-state index in [9.17, 15) is 0 Å². The van der Waals surface area contributed by atoms with E-state index in [1.807, 2.05) is 0 Å². The molecule has 1 aliphatic heterocycles. The summed E-state index contributed by atoms with van der Waals surface area (Å²) in [5, 5.41) is 17.7. The van der Waals surface area contributed by atoms with Gasteiger partial charge < -0.3 is 18.6 Å². The first-order chi connectivity index (χ1) is 37.6. The summed E-state index contributed by atoms with van der Waals surface area (Å²) in [7, 11) is 0. The summed E-state index contributed by atoms with van der Waals surface area (Å²) in [4.78, 5) is 2.36. The molecule has 4 heteroatoms. The van der Waals surface area contributed by atoms with Gasteiger partial charge in [0.25, 0.3) is 0 Å². The van der Waals surface area contributed by atoms with E-state index in [1.165, 1.54) is 92.7 Å². The standard InChI is InChI=1S/C72H50N4/c1-46-38-54-36-37-73(55-14-6-2-7-15-55)66-29-22-47(39-59(46)66)48-23-30-67-60(40-48)61-41-49(24-31-68(61)74(67)56-16-8-3-9-17-56)50-25-32-69-62(42-50)63-43-51(26-33-70(63)75(69)57-18-10-4-11-19-57)52-27-34-71-64(44-52)65-45-53(54)28-35-72(65)76(71)58-20-12-5-13-21-58/h3-6,8-20,22-45,58H,1-2,7,21H2. The molecule has 0 saturated heterocycles. The van der Waals surface area contributed by atoms with Gasteiger partial charge in [0.1, 0.15) is 0 Å². The largest absolute Gasteiger partial charge is 0.333 e. The molecule has 0 N–H and O–H groups in total. The van der Waals surface area contributed by atoms with Gasteiger partial charge in [0.05, 0.1) is 33.8 Å². The van der Waals surface area contributed by atoms with Crippen LogP contribution in [0.3, 0.4) is 0 Å². The Labute approximate surface area is 439 Å². The third-order valence-corrected chi connectivity index (χ3v) is 16.6. The molecular weight excluding hydrogens is 921 g/mol. The number of para-hydroxylation sites is 2. The van der Waals surface area contributed by atoms with Gasteiger partial charge in [0.2, 0.25) is 0 Å². The van der Waals surface area contributed by atoms with Gasteiger partial charge in [-0.25, -0.2) is 0 Å². The smallest absolute Gasteiger partial charge is 0.0560 e. The SMILES string of the molecule is C=c1cc2c3ccc4c(c3)c3cc(ccc3n4C3C=CC=CC3)c3ccc4c(c3)c3cc(ccc3n4-c3ccccc3)c3ccc4c(c3)c3cc(ccc3n4-c3ccccc3)c3ccc(c1c3)N(C1=CCCC=C1)C=C2. The van der Waals surface area contributed by atoms with E-state index < -0.39 is 0 Å². The lowest BCUT2D eigenvalue weighted by Gasteiger charge is -2.25. The van der Waals surface area contributed by atoms with E-state index in [0.29, 0.717) is 0 Å². The van der Waals surface area contributed by atoms with E-state index in [0.717, 1.165) is 68.7 Å². The van der Waals surface area contributed by atoms with Crippen LogP contribution in [-0.4, -0.2) is 13.7 Å². The van der Waals surface area contributed by atoms with Crippen LogP contribution < -0.4 is 10.1 Å². The van der Waals surface area contributed by atoms with E-state index in [1.54, 1.807) is 0 Å². The second-order valence-corrected chi connectivity index (χ2v) is 20.9. The first-order valence-corrected chi connectivity index (χ1v) is 26.7. The van der Waals surface area contributed by atoms with Crippen LogP contribution in [0.25, 0.3) is 133 Å². The molecule has 0 amide bonds. The molecule has 4 nitrogen and oxygen atoms in total. The molecule has 3 aromatic heterocycles. The molecule has 10 aromatic carbocycles. The minimum Gasteiger partial charge on any atom is -0.333 e. The van der Waals surface area contributed by atoms with Crippen LogP contribution >= 0.6 is 0 Å². The fourth-order valence-corrected chi connectivity index (χ4v) is 12.9. The fraction of sp³-hybridized carbons (Fsp3) is 0.0556. The van der Waals surface area contributed by atoms with Crippen LogP contribution in [0.5, 0.6) is 0 Å². The number of fused-ring (bicyclic) bond motifs is 13. The molecule has 0 saturated carbocycles.